The van der Waals surface area contributed by atoms with Crippen molar-refractivity contribution in [1.29, 1.82) is 0 Å². The van der Waals surface area contributed by atoms with Gasteiger partial charge in [0.15, 0.2) is 0 Å². The lowest BCUT2D eigenvalue weighted by molar-refractivity contribution is -0.384. The monoisotopic (exact) mass is 333 g/mol. The van der Waals surface area contributed by atoms with Crippen molar-refractivity contribution in [3.05, 3.63) is 74.9 Å². The van der Waals surface area contributed by atoms with E-state index < -0.39 is 4.92 Å². The van der Waals surface area contributed by atoms with E-state index in [9.17, 15) is 10.1 Å². The second kappa shape index (κ2) is 5.79. The molecule has 1 heterocycles. The molecule has 1 aromatic heterocycles. The number of halogens is 2. The van der Waals surface area contributed by atoms with Crippen LogP contribution >= 0.6 is 23.2 Å². The van der Waals surface area contributed by atoms with Gasteiger partial charge in [-0.05, 0) is 24.3 Å². The summed E-state index contributed by atoms with van der Waals surface area (Å²) in [7, 11) is 0. The van der Waals surface area contributed by atoms with Gasteiger partial charge >= 0.3 is 0 Å². The third-order valence-corrected chi connectivity index (χ3v) is 3.90. The number of hydrogen-bond donors (Lipinski definition) is 0. The molecular weight excluding hydrogens is 325 g/mol. The molecule has 110 valence electrons. The van der Waals surface area contributed by atoms with Crippen molar-refractivity contribution >= 4 is 28.9 Å². The molecule has 2 aromatic carbocycles. The van der Waals surface area contributed by atoms with Gasteiger partial charge < -0.3 is 0 Å². The topological polar surface area (TPSA) is 61.0 Å². The quantitative estimate of drug-likeness (QED) is 0.513. The Morgan fingerprint density at radius 1 is 1.05 bits per heavy atom. The lowest BCUT2D eigenvalue weighted by Crippen LogP contribution is -2.03. The third kappa shape index (κ3) is 2.56. The van der Waals surface area contributed by atoms with Crippen LogP contribution in [0, 0.1) is 10.1 Å². The van der Waals surface area contributed by atoms with Crippen molar-refractivity contribution < 1.29 is 4.92 Å². The number of hydrogen-bond acceptors (Lipinski definition) is 3. The molecule has 0 aliphatic carbocycles. The summed E-state index contributed by atoms with van der Waals surface area (Å²) < 4.78 is 1.51. The minimum Gasteiger partial charge on any atom is -0.258 e. The third-order valence-electron chi connectivity index (χ3n) is 3.16. The lowest BCUT2D eigenvalue weighted by atomic mass is 10.1. The van der Waals surface area contributed by atoms with E-state index in [0.717, 1.165) is 5.56 Å². The number of nitro benzene ring substituents is 1. The average molecular weight is 334 g/mol. The molecule has 0 aliphatic rings. The van der Waals surface area contributed by atoms with E-state index in [2.05, 4.69) is 5.10 Å². The molecule has 0 bridgehead atoms. The average Bonchev–Trinajstić information content (AvgIpc) is 2.99. The van der Waals surface area contributed by atoms with Gasteiger partial charge in [0.05, 0.1) is 26.9 Å². The van der Waals surface area contributed by atoms with Gasteiger partial charge in [-0.3, -0.25) is 10.1 Å². The minimum absolute atomic E-state index is 0.0208. The van der Waals surface area contributed by atoms with E-state index in [-0.39, 0.29) is 5.69 Å². The molecule has 0 N–H and O–H groups in total. The molecular formula is C15H9Cl2N3O2. The number of nitro groups is 1. The highest BCUT2D eigenvalue weighted by Crippen LogP contribution is 2.31. The summed E-state index contributed by atoms with van der Waals surface area (Å²) in [5, 5.41) is 16.2. The molecule has 0 spiro atoms. The molecule has 0 unspecified atom stereocenters. The fraction of sp³-hybridized carbons (Fsp3) is 0. The Hall–Kier alpha value is -2.37. The van der Waals surface area contributed by atoms with Crippen LogP contribution < -0.4 is 0 Å². The Labute approximate surface area is 135 Å². The van der Waals surface area contributed by atoms with Crippen molar-refractivity contribution in [1.82, 2.24) is 9.78 Å². The van der Waals surface area contributed by atoms with Gasteiger partial charge in [0.2, 0.25) is 0 Å². The first-order valence-corrected chi connectivity index (χ1v) is 7.07. The molecule has 3 rings (SSSR count). The fourth-order valence-electron chi connectivity index (χ4n) is 2.17. The lowest BCUT2D eigenvalue weighted by Gasteiger charge is -2.09. The Bertz CT molecular complexity index is 861. The Morgan fingerprint density at radius 3 is 2.55 bits per heavy atom. The summed E-state index contributed by atoms with van der Waals surface area (Å²) in [6.07, 6.45) is 1.58. The number of para-hydroxylation sites is 2. The first kappa shape index (κ1) is 14.6. The summed E-state index contributed by atoms with van der Waals surface area (Å²) in [6, 6.07) is 13.4. The molecule has 3 aromatic rings. The number of nitrogens with zero attached hydrogens (tertiary/aromatic N) is 3. The van der Waals surface area contributed by atoms with Crippen molar-refractivity contribution in [2.75, 3.05) is 0 Å². The summed E-state index contributed by atoms with van der Waals surface area (Å²) in [5.74, 6) is 0. The zero-order valence-electron chi connectivity index (χ0n) is 11.1. The Balaban J connectivity index is 2.18. The van der Waals surface area contributed by atoms with Crippen molar-refractivity contribution in [2.45, 2.75) is 0 Å². The molecule has 0 aliphatic heterocycles. The molecule has 0 fully saturated rings. The molecule has 0 saturated carbocycles. The van der Waals surface area contributed by atoms with Crippen LogP contribution in [0.1, 0.15) is 0 Å². The molecule has 7 heteroatoms. The predicted octanol–water partition coefficient (Wildman–Crippen LogP) is 4.75. The second-order valence-corrected chi connectivity index (χ2v) is 5.32. The zero-order chi connectivity index (χ0) is 15.7. The highest BCUT2D eigenvalue weighted by molar-refractivity contribution is 6.42. The van der Waals surface area contributed by atoms with Crippen LogP contribution in [-0.2, 0) is 0 Å². The molecule has 0 saturated heterocycles. The zero-order valence-corrected chi connectivity index (χ0v) is 12.6. The van der Waals surface area contributed by atoms with Crippen LogP contribution in [0.5, 0.6) is 0 Å². The van der Waals surface area contributed by atoms with Gasteiger partial charge in [0.25, 0.3) is 5.69 Å². The van der Waals surface area contributed by atoms with Crippen LogP contribution in [0.15, 0.2) is 54.7 Å². The smallest absolute Gasteiger partial charge is 0.258 e. The van der Waals surface area contributed by atoms with E-state index in [1.165, 1.54) is 10.7 Å². The summed E-state index contributed by atoms with van der Waals surface area (Å²) in [6.45, 7) is 0. The predicted molar refractivity (Wildman–Crippen MR) is 85.7 cm³/mol. The second-order valence-electron chi connectivity index (χ2n) is 4.50. The van der Waals surface area contributed by atoms with Crippen LogP contribution in [0.25, 0.3) is 16.9 Å². The van der Waals surface area contributed by atoms with E-state index in [4.69, 9.17) is 23.2 Å². The van der Waals surface area contributed by atoms with Crippen LogP contribution in [0.3, 0.4) is 0 Å². The van der Waals surface area contributed by atoms with Gasteiger partial charge in [0, 0.05) is 11.6 Å². The molecule has 0 radical (unpaired) electrons. The Kier molecular flexibility index (Phi) is 3.83. The van der Waals surface area contributed by atoms with E-state index in [1.807, 2.05) is 0 Å². The summed E-state index contributed by atoms with van der Waals surface area (Å²) >= 11 is 12.0. The fourth-order valence-corrected chi connectivity index (χ4v) is 2.47. The van der Waals surface area contributed by atoms with Crippen molar-refractivity contribution in [3.8, 4) is 16.9 Å². The Morgan fingerprint density at radius 2 is 1.82 bits per heavy atom. The first-order valence-electron chi connectivity index (χ1n) is 6.31. The first-order chi connectivity index (χ1) is 10.6. The number of aromatic nitrogens is 2. The standard InChI is InChI=1S/C15H9Cl2N3O2/c16-11-6-5-10(9-12(11)17)13-7-8-18-19(13)14-3-1-2-4-15(14)20(21)22/h1-9H. The molecule has 5 nitrogen and oxygen atoms in total. The van der Waals surface area contributed by atoms with E-state index in [1.54, 1.807) is 48.7 Å². The van der Waals surface area contributed by atoms with Gasteiger partial charge in [-0.1, -0.05) is 41.4 Å². The maximum Gasteiger partial charge on any atom is 0.294 e. The van der Waals surface area contributed by atoms with E-state index in [0.29, 0.717) is 21.4 Å². The SMILES string of the molecule is O=[N+]([O-])c1ccccc1-n1nccc1-c1ccc(Cl)c(Cl)c1. The van der Waals surface area contributed by atoms with Crippen LogP contribution in [-0.4, -0.2) is 14.7 Å². The maximum atomic E-state index is 11.2. The normalized spacial score (nSPS) is 10.6. The highest BCUT2D eigenvalue weighted by atomic mass is 35.5. The number of rotatable bonds is 3. The number of benzene rings is 2. The highest BCUT2D eigenvalue weighted by Gasteiger charge is 2.18. The summed E-state index contributed by atoms with van der Waals surface area (Å²) in [4.78, 5) is 10.8. The van der Waals surface area contributed by atoms with Crippen LogP contribution in [0.4, 0.5) is 5.69 Å². The largest absolute Gasteiger partial charge is 0.294 e. The maximum absolute atomic E-state index is 11.2. The summed E-state index contributed by atoms with van der Waals surface area (Å²) in [5.41, 5.74) is 1.82. The van der Waals surface area contributed by atoms with Gasteiger partial charge in [-0.2, -0.15) is 5.10 Å². The molecule has 22 heavy (non-hydrogen) atoms. The van der Waals surface area contributed by atoms with Gasteiger partial charge in [0.1, 0.15) is 5.69 Å². The van der Waals surface area contributed by atoms with Gasteiger partial charge in [-0.25, -0.2) is 4.68 Å². The van der Waals surface area contributed by atoms with Crippen molar-refractivity contribution in [2.24, 2.45) is 0 Å². The molecule has 0 amide bonds. The minimum atomic E-state index is -0.435. The van der Waals surface area contributed by atoms with Crippen LogP contribution in [0.2, 0.25) is 10.0 Å². The van der Waals surface area contributed by atoms with E-state index >= 15 is 0 Å². The van der Waals surface area contributed by atoms with Crippen molar-refractivity contribution in [3.63, 3.8) is 0 Å². The molecule has 0 atom stereocenters. The van der Waals surface area contributed by atoms with Gasteiger partial charge in [-0.15, -0.1) is 0 Å².